The fourth-order valence-corrected chi connectivity index (χ4v) is 3.47. The second-order valence-corrected chi connectivity index (χ2v) is 5.66. The molecule has 0 N–H and O–H groups in total. The summed E-state index contributed by atoms with van der Waals surface area (Å²) in [6.45, 7) is 1.49. The van der Waals surface area contributed by atoms with Crippen LogP contribution in [0.1, 0.15) is 35.6 Å². The highest BCUT2D eigenvalue weighted by Crippen LogP contribution is 2.48. The lowest BCUT2D eigenvalue weighted by atomic mass is 9.81. The Labute approximate surface area is 119 Å². The van der Waals surface area contributed by atoms with Crippen LogP contribution in [0.2, 0.25) is 0 Å². The molecule has 1 fully saturated rings. The summed E-state index contributed by atoms with van der Waals surface area (Å²) in [5.74, 6) is 0. The minimum absolute atomic E-state index is 0.135. The molecule has 0 aliphatic carbocycles. The third-order valence-corrected chi connectivity index (χ3v) is 4.52. The van der Waals surface area contributed by atoms with Crippen molar-refractivity contribution >= 4 is 0 Å². The first kappa shape index (κ1) is 12.1. The first-order valence-corrected chi connectivity index (χ1v) is 7.26. The first-order valence-electron chi connectivity index (χ1n) is 7.26. The van der Waals surface area contributed by atoms with Crippen molar-refractivity contribution in [2.75, 3.05) is 6.61 Å². The molecule has 1 spiro atoms. The van der Waals surface area contributed by atoms with Crippen molar-refractivity contribution in [3.8, 4) is 0 Å². The summed E-state index contributed by atoms with van der Waals surface area (Å²) in [5, 5.41) is 0. The summed E-state index contributed by atoms with van der Waals surface area (Å²) in [6.07, 6.45) is 2.00. The molecule has 102 valence electrons. The Bertz CT molecular complexity index is 604. The van der Waals surface area contributed by atoms with Gasteiger partial charge < -0.3 is 9.47 Å². The highest BCUT2D eigenvalue weighted by Gasteiger charge is 2.44. The Hall–Kier alpha value is -1.64. The normalized spacial score (nSPS) is 28.5. The van der Waals surface area contributed by atoms with Crippen LogP contribution in [0, 0.1) is 0 Å². The molecule has 4 rings (SSSR count). The van der Waals surface area contributed by atoms with Gasteiger partial charge in [0, 0.05) is 12.8 Å². The highest BCUT2D eigenvalue weighted by atomic mass is 16.5. The molecule has 0 radical (unpaired) electrons. The van der Waals surface area contributed by atoms with Gasteiger partial charge in [0.05, 0.1) is 24.9 Å². The van der Waals surface area contributed by atoms with Gasteiger partial charge >= 0.3 is 0 Å². The molecule has 2 aromatic carbocycles. The van der Waals surface area contributed by atoms with Gasteiger partial charge in [0.25, 0.3) is 0 Å². The maximum absolute atomic E-state index is 6.22. The van der Waals surface area contributed by atoms with Crippen LogP contribution >= 0.6 is 0 Å². The Morgan fingerprint density at radius 1 is 0.950 bits per heavy atom. The van der Waals surface area contributed by atoms with Crippen molar-refractivity contribution in [1.82, 2.24) is 0 Å². The summed E-state index contributed by atoms with van der Waals surface area (Å²) in [6, 6.07) is 19.1. The summed E-state index contributed by atoms with van der Waals surface area (Å²) < 4.78 is 12.2. The third kappa shape index (κ3) is 1.88. The van der Waals surface area contributed by atoms with Crippen LogP contribution in [0.3, 0.4) is 0 Å². The second kappa shape index (κ2) is 4.72. The lowest BCUT2D eigenvalue weighted by Crippen LogP contribution is -2.35. The summed E-state index contributed by atoms with van der Waals surface area (Å²) >= 11 is 0. The number of fused-ring (bicyclic) bond motifs is 2. The fourth-order valence-electron chi connectivity index (χ4n) is 3.47. The van der Waals surface area contributed by atoms with Crippen LogP contribution in [0.15, 0.2) is 54.6 Å². The second-order valence-electron chi connectivity index (χ2n) is 5.66. The fraction of sp³-hybridized carbons (Fsp3) is 0.333. The van der Waals surface area contributed by atoms with Crippen LogP contribution in [-0.2, 0) is 21.7 Å². The van der Waals surface area contributed by atoms with Crippen LogP contribution in [0.25, 0.3) is 0 Å². The molecule has 0 amide bonds. The number of rotatable bonds is 1. The molecular formula is C18H18O2. The largest absolute Gasteiger partial charge is 0.373 e. The Morgan fingerprint density at radius 2 is 1.75 bits per heavy atom. The van der Waals surface area contributed by atoms with Gasteiger partial charge in [-0.2, -0.15) is 0 Å². The van der Waals surface area contributed by atoms with Crippen molar-refractivity contribution < 1.29 is 9.47 Å². The van der Waals surface area contributed by atoms with Gasteiger partial charge in [0.2, 0.25) is 0 Å². The summed E-state index contributed by atoms with van der Waals surface area (Å²) in [7, 11) is 0. The maximum Gasteiger partial charge on any atom is 0.0989 e. The minimum atomic E-state index is -0.144. The van der Waals surface area contributed by atoms with Crippen LogP contribution in [0.4, 0.5) is 0 Å². The SMILES string of the molecule is c1ccc([C@@H]2C[C@]3(CCO2)OCc2ccccc23)cc1. The maximum atomic E-state index is 6.22. The van der Waals surface area contributed by atoms with Crippen molar-refractivity contribution in [2.45, 2.75) is 31.2 Å². The third-order valence-electron chi connectivity index (χ3n) is 4.52. The number of hydrogen-bond donors (Lipinski definition) is 0. The molecule has 0 saturated carbocycles. The summed E-state index contributed by atoms with van der Waals surface area (Å²) in [5.41, 5.74) is 3.81. The van der Waals surface area contributed by atoms with E-state index in [1.165, 1.54) is 16.7 Å². The number of benzene rings is 2. The molecule has 0 bridgehead atoms. The molecule has 2 aliphatic rings. The molecule has 2 aliphatic heterocycles. The molecule has 1 saturated heterocycles. The minimum Gasteiger partial charge on any atom is -0.373 e. The van der Waals surface area contributed by atoms with Gasteiger partial charge in [-0.25, -0.2) is 0 Å². The smallest absolute Gasteiger partial charge is 0.0989 e. The Balaban J connectivity index is 1.68. The molecule has 2 heteroatoms. The van der Waals surface area contributed by atoms with Gasteiger partial charge in [-0.15, -0.1) is 0 Å². The van der Waals surface area contributed by atoms with Crippen molar-refractivity contribution in [1.29, 1.82) is 0 Å². The van der Waals surface area contributed by atoms with Gasteiger partial charge in [-0.05, 0) is 16.7 Å². The van der Waals surface area contributed by atoms with Crippen molar-refractivity contribution in [2.24, 2.45) is 0 Å². The van der Waals surface area contributed by atoms with E-state index >= 15 is 0 Å². The Kier molecular flexibility index (Phi) is 2.86. The average Bonchev–Trinajstić information content (AvgIpc) is 2.87. The molecule has 2 nitrogen and oxygen atoms in total. The van der Waals surface area contributed by atoms with Gasteiger partial charge in [0.15, 0.2) is 0 Å². The van der Waals surface area contributed by atoms with E-state index in [0.29, 0.717) is 0 Å². The number of hydrogen-bond acceptors (Lipinski definition) is 2. The molecule has 2 atom stereocenters. The summed E-state index contributed by atoms with van der Waals surface area (Å²) in [4.78, 5) is 0. The quantitative estimate of drug-likeness (QED) is 0.777. The van der Waals surface area contributed by atoms with E-state index in [-0.39, 0.29) is 11.7 Å². The predicted octanol–water partition coefficient (Wildman–Crippen LogP) is 3.96. The molecular weight excluding hydrogens is 248 g/mol. The zero-order valence-electron chi connectivity index (χ0n) is 11.4. The molecule has 0 aromatic heterocycles. The first-order chi connectivity index (χ1) is 9.87. The monoisotopic (exact) mass is 266 g/mol. The molecule has 2 heterocycles. The van der Waals surface area contributed by atoms with Gasteiger partial charge in [-0.1, -0.05) is 54.6 Å². The zero-order valence-corrected chi connectivity index (χ0v) is 11.4. The van der Waals surface area contributed by atoms with E-state index in [4.69, 9.17) is 9.47 Å². The lowest BCUT2D eigenvalue weighted by molar-refractivity contribution is -0.138. The van der Waals surface area contributed by atoms with Gasteiger partial charge in [-0.3, -0.25) is 0 Å². The van der Waals surface area contributed by atoms with E-state index in [9.17, 15) is 0 Å². The zero-order chi connectivity index (χ0) is 13.4. The standard InChI is InChI=1S/C18H18O2/c1-2-6-14(7-3-1)17-12-18(10-11-19-17)16-9-5-4-8-15(16)13-20-18/h1-9,17H,10-13H2/t17-,18-/m0/s1. The van der Waals surface area contributed by atoms with E-state index in [1.807, 2.05) is 6.07 Å². The highest BCUT2D eigenvalue weighted by molar-refractivity contribution is 5.36. The Morgan fingerprint density at radius 3 is 2.65 bits per heavy atom. The van der Waals surface area contributed by atoms with Crippen LogP contribution in [0.5, 0.6) is 0 Å². The van der Waals surface area contributed by atoms with Crippen LogP contribution < -0.4 is 0 Å². The van der Waals surface area contributed by atoms with E-state index < -0.39 is 0 Å². The molecule has 0 unspecified atom stereocenters. The predicted molar refractivity (Wildman–Crippen MR) is 77.3 cm³/mol. The topological polar surface area (TPSA) is 18.5 Å². The molecule has 20 heavy (non-hydrogen) atoms. The van der Waals surface area contributed by atoms with Crippen LogP contribution in [-0.4, -0.2) is 6.61 Å². The number of ether oxygens (including phenoxy) is 2. The lowest BCUT2D eigenvalue weighted by Gasteiger charge is -2.38. The van der Waals surface area contributed by atoms with Gasteiger partial charge in [0.1, 0.15) is 0 Å². The average molecular weight is 266 g/mol. The van der Waals surface area contributed by atoms with E-state index in [2.05, 4.69) is 48.5 Å². The van der Waals surface area contributed by atoms with Crippen molar-refractivity contribution in [3.63, 3.8) is 0 Å². The molecule has 2 aromatic rings. The van der Waals surface area contributed by atoms with E-state index in [0.717, 1.165) is 26.1 Å². The van der Waals surface area contributed by atoms with Crippen molar-refractivity contribution in [3.05, 3.63) is 71.3 Å². The van der Waals surface area contributed by atoms with E-state index in [1.54, 1.807) is 0 Å².